The van der Waals surface area contributed by atoms with E-state index >= 15 is 0 Å². The first-order valence-electron chi connectivity index (χ1n) is 9.40. The number of halogens is 3. The largest absolute Gasteiger partial charge is 0.493 e. The minimum atomic E-state index is -4.54. The van der Waals surface area contributed by atoms with Crippen LogP contribution in [0.3, 0.4) is 0 Å². The Labute approximate surface area is 171 Å². The lowest BCUT2D eigenvalue weighted by Gasteiger charge is -2.16. The van der Waals surface area contributed by atoms with E-state index in [0.29, 0.717) is 11.5 Å². The standard InChI is InChI=1S/C21H21F3N2O4/c1-29-17-10-9-13(11-18(17)30-16-7-2-3-8-16)19(27)26-20(28)25-15-6-4-5-14(12-15)21(22,23)24/h4-6,9-12,16H,2-3,7-8H2,1H3,(H2,25,26,27,28). The van der Waals surface area contributed by atoms with Crippen LogP contribution in [0.2, 0.25) is 0 Å². The molecule has 0 spiro atoms. The van der Waals surface area contributed by atoms with E-state index in [1.807, 2.05) is 0 Å². The number of carbonyl (C=O) groups excluding carboxylic acids is 2. The molecule has 1 aliphatic carbocycles. The normalized spacial score (nSPS) is 14.3. The Bertz CT molecular complexity index is 925. The number of anilines is 1. The van der Waals surface area contributed by atoms with E-state index in [-0.39, 0.29) is 17.4 Å². The Morgan fingerprint density at radius 2 is 1.77 bits per heavy atom. The first-order valence-corrected chi connectivity index (χ1v) is 9.40. The van der Waals surface area contributed by atoms with Crippen molar-refractivity contribution in [2.45, 2.75) is 38.0 Å². The van der Waals surface area contributed by atoms with Crippen molar-refractivity contribution in [3.05, 3.63) is 53.6 Å². The number of nitrogens with one attached hydrogen (secondary N) is 2. The van der Waals surface area contributed by atoms with Gasteiger partial charge in [-0.25, -0.2) is 4.79 Å². The van der Waals surface area contributed by atoms with E-state index in [1.165, 1.54) is 25.3 Å². The molecule has 2 aromatic carbocycles. The first kappa shape index (κ1) is 21.5. The smallest absolute Gasteiger partial charge is 0.416 e. The summed E-state index contributed by atoms with van der Waals surface area (Å²) in [7, 11) is 1.49. The molecule has 2 N–H and O–H groups in total. The van der Waals surface area contributed by atoms with Crippen LogP contribution in [0.4, 0.5) is 23.7 Å². The molecule has 30 heavy (non-hydrogen) atoms. The van der Waals surface area contributed by atoms with Crippen molar-refractivity contribution in [2.75, 3.05) is 12.4 Å². The maximum atomic E-state index is 12.8. The van der Waals surface area contributed by atoms with Crippen LogP contribution >= 0.6 is 0 Å². The Morgan fingerprint density at radius 3 is 2.43 bits per heavy atom. The van der Waals surface area contributed by atoms with Crippen LogP contribution in [-0.2, 0) is 6.18 Å². The van der Waals surface area contributed by atoms with Crippen molar-refractivity contribution >= 4 is 17.6 Å². The Hall–Kier alpha value is -3.23. The zero-order valence-corrected chi connectivity index (χ0v) is 16.2. The van der Waals surface area contributed by atoms with Gasteiger partial charge >= 0.3 is 12.2 Å². The van der Waals surface area contributed by atoms with E-state index in [4.69, 9.17) is 9.47 Å². The minimum Gasteiger partial charge on any atom is -0.493 e. The van der Waals surface area contributed by atoms with Crippen LogP contribution < -0.4 is 20.1 Å². The van der Waals surface area contributed by atoms with Gasteiger partial charge in [-0.05, 0) is 62.1 Å². The van der Waals surface area contributed by atoms with Crippen molar-refractivity contribution < 1.29 is 32.2 Å². The summed E-state index contributed by atoms with van der Waals surface area (Å²) in [5.41, 5.74) is -0.839. The van der Waals surface area contributed by atoms with E-state index in [2.05, 4.69) is 10.6 Å². The maximum absolute atomic E-state index is 12.8. The summed E-state index contributed by atoms with van der Waals surface area (Å²) in [6, 6.07) is 7.67. The molecule has 3 amide bonds. The lowest BCUT2D eigenvalue weighted by molar-refractivity contribution is -0.137. The van der Waals surface area contributed by atoms with Gasteiger partial charge in [0, 0.05) is 11.3 Å². The predicted octanol–water partition coefficient (Wildman–Crippen LogP) is 5.00. The topological polar surface area (TPSA) is 76.7 Å². The summed E-state index contributed by atoms with van der Waals surface area (Å²) in [6.07, 6.45) is -0.520. The SMILES string of the molecule is COc1ccc(C(=O)NC(=O)Nc2cccc(C(F)(F)F)c2)cc1OC1CCCC1. The fourth-order valence-corrected chi connectivity index (χ4v) is 3.21. The van der Waals surface area contributed by atoms with E-state index in [0.717, 1.165) is 43.9 Å². The Kier molecular flexibility index (Phi) is 6.49. The summed E-state index contributed by atoms with van der Waals surface area (Å²) in [4.78, 5) is 24.5. The highest BCUT2D eigenvalue weighted by molar-refractivity contribution is 6.08. The summed E-state index contributed by atoms with van der Waals surface area (Å²) in [5.74, 6) is 0.139. The van der Waals surface area contributed by atoms with E-state index < -0.39 is 23.7 Å². The van der Waals surface area contributed by atoms with Crippen LogP contribution in [0.15, 0.2) is 42.5 Å². The first-order chi connectivity index (χ1) is 14.3. The molecule has 0 aliphatic heterocycles. The molecule has 0 aromatic heterocycles. The molecule has 6 nitrogen and oxygen atoms in total. The fraction of sp³-hybridized carbons (Fsp3) is 0.333. The minimum absolute atomic E-state index is 0.0430. The van der Waals surface area contributed by atoms with Gasteiger partial charge in [0.25, 0.3) is 5.91 Å². The Balaban J connectivity index is 1.67. The highest BCUT2D eigenvalue weighted by atomic mass is 19.4. The third-order valence-electron chi connectivity index (χ3n) is 4.70. The van der Waals surface area contributed by atoms with E-state index in [9.17, 15) is 22.8 Å². The molecule has 0 radical (unpaired) electrons. The lowest BCUT2D eigenvalue weighted by atomic mass is 10.2. The number of amides is 3. The molecule has 0 bridgehead atoms. The molecule has 160 valence electrons. The third-order valence-corrected chi connectivity index (χ3v) is 4.70. The number of hydrogen-bond donors (Lipinski definition) is 2. The molecule has 0 unspecified atom stereocenters. The van der Waals surface area contributed by atoms with Gasteiger partial charge in [-0.3, -0.25) is 10.1 Å². The highest BCUT2D eigenvalue weighted by Gasteiger charge is 2.30. The molecular formula is C21H21F3N2O4. The monoisotopic (exact) mass is 422 g/mol. The summed E-state index contributed by atoms with van der Waals surface area (Å²) in [6.45, 7) is 0. The molecular weight excluding hydrogens is 401 g/mol. The van der Waals surface area contributed by atoms with Gasteiger partial charge in [-0.2, -0.15) is 13.2 Å². The molecule has 0 heterocycles. The molecule has 0 atom stereocenters. The average molecular weight is 422 g/mol. The zero-order chi connectivity index (χ0) is 21.7. The number of urea groups is 1. The lowest BCUT2D eigenvalue weighted by Crippen LogP contribution is -2.34. The van der Waals surface area contributed by atoms with Gasteiger partial charge < -0.3 is 14.8 Å². The third kappa shape index (κ3) is 5.43. The average Bonchev–Trinajstić information content (AvgIpc) is 3.20. The van der Waals surface area contributed by atoms with Crippen LogP contribution in [-0.4, -0.2) is 25.2 Å². The number of alkyl halides is 3. The second kappa shape index (κ2) is 9.06. The maximum Gasteiger partial charge on any atom is 0.416 e. The molecule has 9 heteroatoms. The quantitative estimate of drug-likeness (QED) is 0.711. The Morgan fingerprint density at radius 1 is 1.03 bits per heavy atom. The molecule has 0 saturated heterocycles. The second-order valence-corrected chi connectivity index (χ2v) is 6.88. The van der Waals surface area contributed by atoms with Gasteiger partial charge in [-0.15, -0.1) is 0 Å². The number of benzene rings is 2. The van der Waals surface area contributed by atoms with Crippen LogP contribution in [0, 0.1) is 0 Å². The van der Waals surface area contributed by atoms with Crippen molar-refractivity contribution in [3.63, 3.8) is 0 Å². The van der Waals surface area contributed by atoms with Crippen molar-refractivity contribution in [1.29, 1.82) is 0 Å². The number of carbonyl (C=O) groups is 2. The zero-order valence-electron chi connectivity index (χ0n) is 16.2. The summed E-state index contributed by atoms with van der Waals surface area (Å²) >= 11 is 0. The van der Waals surface area contributed by atoms with Crippen LogP contribution in [0.5, 0.6) is 11.5 Å². The molecule has 2 aromatic rings. The van der Waals surface area contributed by atoms with Gasteiger partial charge in [0.2, 0.25) is 0 Å². The van der Waals surface area contributed by atoms with Crippen molar-refractivity contribution in [2.24, 2.45) is 0 Å². The fourth-order valence-electron chi connectivity index (χ4n) is 3.21. The van der Waals surface area contributed by atoms with Gasteiger partial charge in [-0.1, -0.05) is 6.07 Å². The summed E-state index contributed by atoms with van der Waals surface area (Å²) < 4.78 is 49.5. The van der Waals surface area contributed by atoms with Gasteiger partial charge in [0.15, 0.2) is 11.5 Å². The van der Waals surface area contributed by atoms with Crippen LogP contribution in [0.1, 0.15) is 41.6 Å². The number of rotatable bonds is 5. The molecule has 1 fully saturated rings. The van der Waals surface area contributed by atoms with Crippen molar-refractivity contribution in [3.8, 4) is 11.5 Å². The molecule has 1 aliphatic rings. The predicted molar refractivity (Wildman–Crippen MR) is 104 cm³/mol. The van der Waals surface area contributed by atoms with Crippen molar-refractivity contribution in [1.82, 2.24) is 5.32 Å². The molecule has 3 rings (SSSR count). The number of ether oxygens (including phenoxy) is 2. The van der Waals surface area contributed by atoms with Crippen LogP contribution in [0.25, 0.3) is 0 Å². The molecule has 1 saturated carbocycles. The van der Waals surface area contributed by atoms with Gasteiger partial charge in [0.1, 0.15) is 0 Å². The van der Waals surface area contributed by atoms with Gasteiger partial charge in [0.05, 0.1) is 18.8 Å². The second-order valence-electron chi connectivity index (χ2n) is 6.88. The highest BCUT2D eigenvalue weighted by Crippen LogP contribution is 2.33. The summed E-state index contributed by atoms with van der Waals surface area (Å²) in [5, 5.41) is 4.32. The number of hydrogen-bond acceptors (Lipinski definition) is 4. The van der Waals surface area contributed by atoms with E-state index in [1.54, 1.807) is 6.07 Å². The number of imide groups is 1. The number of methoxy groups -OCH3 is 1.